The standard InChI is InChI=1S/C14H24O4.K.Na.2H/c1-3-10(4-2)14(12(15)16,13(17)18)11-8-6-5-7-9-11;;;;/h10-11H,3-9H2,1-2H3,(H,15,16)(H,17,18);;;;. The van der Waals surface area contributed by atoms with Crippen LogP contribution >= 0.6 is 0 Å². The predicted molar refractivity (Wildman–Crippen MR) is 82.6 cm³/mol. The van der Waals surface area contributed by atoms with Crippen molar-refractivity contribution in [1.29, 1.82) is 0 Å². The summed E-state index contributed by atoms with van der Waals surface area (Å²) in [5.41, 5.74) is -1.58. The summed E-state index contributed by atoms with van der Waals surface area (Å²) >= 11 is 0. The number of carbonyl (C=O) groups is 2. The third-order valence-electron chi connectivity index (χ3n) is 4.59. The van der Waals surface area contributed by atoms with Gasteiger partial charge in [-0.3, -0.25) is 9.59 Å². The van der Waals surface area contributed by atoms with Gasteiger partial charge < -0.3 is 10.2 Å². The first-order valence-corrected chi connectivity index (χ1v) is 6.98. The molecule has 0 heterocycles. The van der Waals surface area contributed by atoms with E-state index in [1.54, 1.807) is 0 Å². The molecule has 2 N–H and O–H groups in total. The van der Waals surface area contributed by atoms with Gasteiger partial charge in [-0.25, -0.2) is 0 Å². The molecule has 0 bridgehead atoms. The van der Waals surface area contributed by atoms with Crippen LogP contribution in [-0.4, -0.2) is 103 Å². The molecular formula is C14H26KNaO4. The fourth-order valence-corrected chi connectivity index (χ4v) is 3.61. The zero-order valence-corrected chi connectivity index (χ0v) is 11.3. The van der Waals surface area contributed by atoms with Crippen LogP contribution in [0, 0.1) is 17.3 Å². The van der Waals surface area contributed by atoms with E-state index >= 15 is 0 Å². The molecule has 1 saturated carbocycles. The minimum absolute atomic E-state index is 0. The molecule has 0 aromatic rings. The fourth-order valence-electron chi connectivity index (χ4n) is 3.61. The minimum atomic E-state index is -1.58. The van der Waals surface area contributed by atoms with E-state index in [9.17, 15) is 19.8 Å². The maximum atomic E-state index is 11.7. The quantitative estimate of drug-likeness (QED) is 0.579. The van der Waals surface area contributed by atoms with Crippen molar-refractivity contribution in [2.24, 2.45) is 17.3 Å². The first-order chi connectivity index (χ1) is 8.51. The third kappa shape index (κ3) is 4.78. The van der Waals surface area contributed by atoms with Gasteiger partial charge in [-0.2, -0.15) is 0 Å². The number of aliphatic carboxylic acids is 2. The van der Waals surface area contributed by atoms with Crippen molar-refractivity contribution in [2.75, 3.05) is 0 Å². The molecule has 1 fully saturated rings. The van der Waals surface area contributed by atoms with Crippen molar-refractivity contribution < 1.29 is 19.8 Å². The molecule has 0 saturated heterocycles. The average molecular weight is 320 g/mol. The SMILES string of the molecule is CCC(CC)C(C(=O)O)(C(=O)O)C1CCCCC1.[KH].[NaH]. The summed E-state index contributed by atoms with van der Waals surface area (Å²) in [6.45, 7) is 3.77. The summed E-state index contributed by atoms with van der Waals surface area (Å²) in [4.78, 5) is 23.5. The Labute approximate surface area is 186 Å². The van der Waals surface area contributed by atoms with Gasteiger partial charge in [-0.15, -0.1) is 0 Å². The molecule has 0 aromatic heterocycles. The average Bonchev–Trinajstić information content (AvgIpc) is 2.35. The second-order valence-corrected chi connectivity index (χ2v) is 5.33. The maximum absolute atomic E-state index is 11.7. The van der Waals surface area contributed by atoms with Crippen LogP contribution in [-0.2, 0) is 9.59 Å². The van der Waals surface area contributed by atoms with Gasteiger partial charge in [0, 0.05) is 0 Å². The summed E-state index contributed by atoms with van der Waals surface area (Å²) in [6, 6.07) is 0. The Hall–Kier alpha value is 1.58. The van der Waals surface area contributed by atoms with Gasteiger partial charge in [-0.05, 0) is 24.7 Å². The topological polar surface area (TPSA) is 74.6 Å². The summed E-state index contributed by atoms with van der Waals surface area (Å²) in [5.74, 6) is -2.78. The predicted octanol–water partition coefficient (Wildman–Crippen LogP) is 1.86. The van der Waals surface area contributed by atoms with E-state index in [-0.39, 0.29) is 92.8 Å². The molecule has 0 atom stereocenters. The second-order valence-electron chi connectivity index (χ2n) is 5.33. The second kappa shape index (κ2) is 11.2. The van der Waals surface area contributed by atoms with E-state index in [4.69, 9.17) is 0 Å². The molecule has 0 amide bonds. The van der Waals surface area contributed by atoms with E-state index in [2.05, 4.69) is 0 Å². The van der Waals surface area contributed by atoms with Crippen LogP contribution in [0.4, 0.5) is 0 Å². The van der Waals surface area contributed by atoms with Crippen molar-refractivity contribution in [2.45, 2.75) is 58.8 Å². The van der Waals surface area contributed by atoms with Crippen LogP contribution in [0.15, 0.2) is 0 Å². The van der Waals surface area contributed by atoms with Crippen LogP contribution in [0.3, 0.4) is 0 Å². The van der Waals surface area contributed by atoms with Crippen molar-refractivity contribution in [1.82, 2.24) is 0 Å². The van der Waals surface area contributed by atoms with Gasteiger partial charge in [0.15, 0.2) is 5.41 Å². The monoisotopic (exact) mass is 320 g/mol. The summed E-state index contributed by atoms with van der Waals surface area (Å²) in [5, 5.41) is 19.2. The number of rotatable bonds is 6. The van der Waals surface area contributed by atoms with Crippen LogP contribution in [0.1, 0.15) is 58.8 Å². The number of carboxylic acid groups (broad SMARTS) is 2. The summed E-state index contributed by atoms with van der Waals surface area (Å²) < 4.78 is 0. The molecule has 6 heteroatoms. The zero-order chi connectivity index (χ0) is 13.8. The van der Waals surface area contributed by atoms with Crippen molar-refractivity contribution in [3.05, 3.63) is 0 Å². The van der Waals surface area contributed by atoms with Crippen LogP contribution in [0.5, 0.6) is 0 Å². The van der Waals surface area contributed by atoms with E-state index < -0.39 is 17.4 Å². The number of hydrogen-bond donors (Lipinski definition) is 2. The molecule has 1 aliphatic carbocycles. The molecule has 4 nitrogen and oxygen atoms in total. The van der Waals surface area contributed by atoms with Gasteiger partial charge in [0.25, 0.3) is 0 Å². The van der Waals surface area contributed by atoms with Crippen LogP contribution in [0.25, 0.3) is 0 Å². The van der Waals surface area contributed by atoms with Crippen molar-refractivity contribution in [3.8, 4) is 0 Å². The molecule has 108 valence electrons. The molecule has 0 spiro atoms. The Bertz CT molecular complexity index is 298. The summed E-state index contributed by atoms with van der Waals surface area (Å²) in [7, 11) is 0. The molecule has 1 rings (SSSR count). The third-order valence-corrected chi connectivity index (χ3v) is 4.59. The molecular weight excluding hydrogens is 294 g/mol. The normalized spacial score (nSPS) is 16.1. The van der Waals surface area contributed by atoms with E-state index in [0.29, 0.717) is 12.8 Å². The molecule has 0 radical (unpaired) electrons. The first-order valence-electron chi connectivity index (χ1n) is 6.98. The van der Waals surface area contributed by atoms with E-state index in [1.165, 1.54) is 0 Å². The Morgan fingerprint density at radius 2 is 1.45 bits per heavy atom. The fraction of sp³-hybridized carbons (Fsp3) is 0.857. The Morgan fingerprint density at radius 3 is 1.75 bits per heavy atom. The number of carboxylic acids is 2. The van der Waals surface area contributed by atoms with Crippen LogP contribution < -0.4 is 0 Å². The molecule has 0 aromatic carbocycles. The molecule has 20 heavy (non-hydrogen) atoms. The Kier molecular flexibility index (Phi) is 13.3. The molecule has 0 aliphatic heterocycles. The van der Waals surface area contributed by atoms with E-state index in [1.807, 2.05) is 13.8 Å². The zero-order valence-electron chi connectivity index (χ0n) is 11.3. The molecule has 1 aliphatic rings. The summed E-state index contributed by atoms with van der Waals surface area (Å²) in [6.07, 6.45) is 5.66. The van der Waals surface area contributed by atoms with Crippen molar-refractivity contribution >= 4 is 92.9 Å². The first kappa shape index (κ1) is 23.8. The van der Waals surface area contributed by atoms with Crippen molar-refractivity contribution in [3.63, 3.8) is 0 Å². The van der Waals surface area contributed by atoms with E-state index in [0.717, 1.165) is 32.1 Å². The van der Waals surface area contributed by atoms with Crippen LogP contribution in [0.2, 0.25) is 0 Å². The Morgan fingerprint density at radius 1 is 1.05 bits per heavy atom. The van der Waals surface area contributed by atoms with Gasteiger partial charge in [-0.1, -0.05) is 46.0 Å². The van der Waals surface area contributed by atoms with Gasteiger partial charge in [0.05, 0.1) is 0 Å². The Balaban J connectivity index is 0. The van der Waals surface area contributed by atoms with Gasteiger partial charge >= 0.3 is 92.9 Å². The van der Waals surface area contributed by atoms with Gasteiger partial charge in [0.1, 0.15) is 0 Å². The van der Waals surface area contributed by atoms with Gasteiger partial charge in [0.2, 0.25) is 0 Å². The number of hydrogen-bond acceptors (Lipinski definition) is 2. The molecule has 0 unspecified atom stereocenters.